The molecule has 0 bridgehead atoms. The van der Waals surface area contributed by atoms with Crippen molar-refractivity contribution in [3.63, 3.8) is 0 Å². The molecular weight excluding hydrogens is 511 g/mol. The minimum atomic E-state index is -4.41. The van der Waals surface area contributed by atoms with Crippen molar-refractivity contribution in [3.8, 4) is 0 Å². The zero-order valence-corrected chi connectivity index (χ0v) is 22.0. The van der Waals surface area contributed by atoms with Crippen LogP contribution in [-0.4, -0.2) is 63.0 Å². The molecule has 9 nitrogen and oxygen atoms in total. The van der Waals surface area contributed by atoms with Crippen LogP contribution in [0.3, 0.4) is 0 Å². The number of anilines is 1. The number of amides is 1. The van der Waals surface area contributed by atoms with Crippen molar-refractivity contribution in [2.45, 2.75) is 76.5 Å². The topological polar surface area (TPSA) is 105 Å². The van der Waals surface area contributed by atoms with Crippen molar-refractivity contribution in [3.05, 3.63) is 59.2 Å². The molecule has 3 aromatic rings. The van der Waals surface area contributed by atoms with Crippen LogP contribution in [0.4, 0.5) is 19.1 Å². The molecule has 2 atom stereocenters. The zero-order valence-electron chi connectivity index (χ0n) is 22.0. The van der Waals surface area contributed by atoms with Gasteiger partial charge in [-0.1, -0.05) is 6.08 Å². The molecule has 0 unspecified atom stereocenters. The number of pyridine rings is 1. The Balaban J connectivity index is 1.43. The summed E-state index contributed by atoms with van der Waals surface area (Å²) in [6, 6.07) is 2.05. The van der Waals surface area contributed by atoms with Crippen molar-refractivity contribution in [1.82, 2.24) is 30.2 Å². The summed E-state index contributed by atoms with van der Waals surface area (Å²) in [5.41, 5.74) is 4.06. The summed E-state index contributed by atoms with van der Waals surface area (Å²) < 4.78 is 46.2. The first kappa shape index (κ1) is 27.1. The number of ether oxygens (including phenoxy) is 1. The van der Waals surface area contributed by atoms with Gasteiger partial charge in [-0.15, -0.1) is 0 Å². The largest absolute Gasteiger partial charge is 0.408 e. The molecule has 39 heavy (non-hydrogen) atoms. The highest BCUT2D eigenvalue weighted by Crippen LogP contribution is 2.31. The van der Waals surface area contributed by atoms with Crippen LogP contribution in [0.2, 0.25) is 0 Å². The number of hydrogen-bond donors (Lipinski definition) is 3. The second kappa shape index (κ2) is 10.9. The highest BCUT2D eigenvalue weighted by Gasteiger charge is 2.36. The predicted octanol–water partition coefficient (Wildman–Crippen LogP) is 4.10. The van der Waals surface area contributed by atoms with Gasteiger partial charge in [0.25, 0.3) is 5.91 Å². The summed E-state index contributed by atoms with van der Waals surface area (Å²) in [4.78, 5) is 21.8. The number of halogens is 3. The Morgan fingerprint density at radius 2 is 2.00 bits per heavy atom. The molecule has 4 heterocycles. The molecule has 208 valence electrons. The van der Waals surface area contributed by atoms with Crippen LogP contribution < -0.4 is 16.0 Å². The fraction of sp³-hybridized carbons (Fsp3) is 0.481. The second-order valence-electron chi connectivity index (χ2n) is 10.2. The molecular formula is C27H32F3N7O2. The first-order valence-electron chi connectivity index (χ1n) is 13.1. The molecule has 5 rings (SSSR count). The van der Waals surface area contributed by atoms with Crippen LogP contribution in [-0.2, 0) is 11.3 Å². The lowest BCUT2D eigenvalue weighted by Gasteiger charge is -2.28. The van der Waals surface area contributed by atoms with Gasteiger partial charge in [-0.25, -0.2) is 14.5 Å². The van der Waals surface area contributed by atoms with Crippen LogP contribution in [0.25, 0.3) is 11.1 Å². The van der Waals surface area contributed by atoms with Gasteiger partial charge in [0.15, 0.2) is 0 Å². The minimum Gasteiger partial charge on any atom is -0.381 e. The highest BCUT2D eigenvalue weighted by molar-refractivity contribution is 6.01. The third-order valence-corrected chi connectivity index (χ3v) is 7.42. The summed E-state index contributed by atoms with van der Waals surface area (Å²) in [7, 11) is 1.72. The SMILES string of the molecule is COC1CCC(NC(=O)c2cnn3ccc(C4=C[C@@H](C)NCc5nc(N[C@@H](C)C(F)(F)F)ncc54)cc23)CC1. The Kier molecular flexibility index (Phi) is 7.59. The number of nitrogens with one attached hydrogen (secondary N) is 3. The van der Waals surface area contributed by atoms with Crippen molar-refractivity contribution in [2.24, 2.45) is 0 Å². The third kappa shape index (κ3) is 5.91. The molecule has 1 amide bonds. The molecule has 0 aromatic carbocycles. The normalized spacial score (nSPS) is 22.5. The number of methoxy groups -OCH3 is 1. The van der Waals surface area contributed by atoms with Gasteiger partial charge in [0.1, 0.15) is 6.04 Å². The average Bonchev–Trinajstić information content (AvgIpc) is 3.26. The van der Waals surface area contributed by atoms with Gasteiger partial charge in [-0.3, -0.25) is 4.79 Å². The predicted molar refractivity (Wildman–Crippen MR) is 140 cm³/mol. The van der Waals surface area contributed by atoms with E-state index >= 15 is 0 Å². The van der Waals surface area contributed by atoms with Gasteiger partial charge in [0, 0.05) is 43.7 Å². The maximum Gasteiger partial charge on any atom is 0.408 e. The third-order valence-electron chi connectivity index (χ3n) is 7.42. The molecule has 3 aromatic heterocycles. The van der Waals surface area contributed by atoms with Crippen LogP contribution in [0.15, 0.2) is 36.8 Å². The number of carbonyl (C=O) groups excluding carboxylic acids is 1. The van der Waals surface area contributed by atoms with E-state index in [4.69, 9.17) is 4.74 Å². The Bertz CT molecular complexity index is 1380. The summed E-state index contributed by atoms with van der Waals surface area (Å²) in [5.74, 6) is -0.259. The molecule has 0 saturated heterocycles. The minimum absolute atomic E-state index is 0.0363. The molecule has 3 N–H and O–H groups in total. The zero-order chi connectivity index (χ0) is 27.7. The number of carbonyl (C=O) groups is 1. The second-order valence-corrected chi connectivity index (χ2v) is 10.2. The molecule has 1 aliphatic carbocycles. The molecule has 0 spiro atoms. The van der Waals surface area contributed by atoms with E-state index in [1.807, 2.05) is 25.1 Å². The molecule has 0 radical (unpaired) electrons. The van der Waals surface area contributed by atoms with E-state index in [-0.39, 0.29) is 30.0 Å². The summed E-state index contributed by atoms with van der Waals surface area (Å²) in [6.07, 6.45) is 6.30. The lowest BCUT2D eigenvalue weighted by atomic mass is 9.93. The van der Waals surface area contributed by atoms with Gasteiger partial charge in [-0.05, 0) is 62.8 Å². The van der Waals surface area contributed by atoms with Crippen molar-refractivity contribution < 1.29 is 22.7 Å². The molecule has 12 heteroatoms. The van der Waals surface area contributed by atoms with Crippen LogP contribution >= 0.6 is 0 Å². The number of aromatic nitrogens is 4. The highest BCUT2D eigenvalue weighted by atomic mass is 19.4. The number of fused-ring (bicyclic) bond motifs is 2. The van der Waals surface area contributed by atoms with Crippen molar-refractivity contribution in [2.75, 3.05) is 12.4 Å². The fourth-order valence-corrected chi connectivity index (χ4v) is 5.06. The van der Waals surface area contributed by atoms with E-state index in [1.54, 1.807) is 30.2 Å². The van der Waals surface area contributed by atoms with Crippen LogP contribution in [0.5, 0.6) is 0 Å². The quantitative estimate of drug-likeness (QED) is 0.430. The monoisotopic (exact) mass is 543 g/mol. The van der Waals surface area contributed by atoms with Gasteiger partial charge in [0.05, 0.1) is 29.1 Å². The van der Waals surface area contributed by atoms with Gasteiger partial charge >= 0.3 is 6.18 Å². The van der Waals surface area contributed by atoms with Crippen molar-refractivity contribution >= 4 is 22.9 Å². The van der Waals surface area contributed by atoms with E-state index < -0.39 is 12.2 Å². The Hall–Kier alpha value is -3.51. The van der Waals surface area contributed by atoms with E-state index in [9.17, 15) is 18.0 Å². The molecule has 2 aliphatic rings. The molecule has 1 aliphatic heterocycles. The number of alkyl halides is 3. The van der Waals surface area contributed by atoms with Gasteiger partial charge in [-0.2, -0.15) is 18.3 Å². The van der Waals surface area contributed by atoms with Crippen LogP contribution in [0.1, 0.15) is 66.7 Å². The van der Waals surface area contributed by atoms with Gasteiger partial charge in [0.2, 0.25) is 5.95 Å². The van der Waals surface area contributed by atoms with E-state index in [2.05, 4.69) is 31.0 Å². The van der Waals surface area contributed by atoms with E-state index in [0.29, 0.717) is 28.9 Å². The first-order chi connectivity index (χ1) is 18.6. The lowest BCUT2D eigenvalue weighted by molar-refractivity contribution is -0.138. The lowest BCUT2D eigenvalue weighted by Crippen LogP contribution is -2.38. The van der Waals surface area contributed by atoms with Crippen molar-refractivity contribution in [1.29, 1.82) is 0 Å². The summed E-state index contributed by atoms with van der Waals surface area (Å²) >= 11 is 0. The Morgan fingerprint density at radius 1 is 1.23 bits per heavy atom. The number of nitrogens with zero attached hydrogens (tertiary/aromatic N) is 4. The van der Waals surface area contributed by atoms with E-state index in [0.717, 1.165) is 43.7 Å². The van der Waals surface area contributed by atoms with E-state index in [1.165, 1.54) is 0 Å². The maximum absolute atomic E-state index is 13.2. The number of rotatable bonds is 6. The fourth-order valence-electron chi connectivity index (χ4n) is 5.06. The maximum atomic E-state index is 13.2. The average molecular weight is 544 g/mol. The summed E-state index contributed by atoms with van der Waals surface area (Å²) in [5, 5.41) is 13.2. The first-order valence-corrected chi connectivity index (χ1v) is 13.1. The molecule has 1 fully saturated rings. The smallest absolute Gasteiger partial charge is 0.381 e. The number of hydrogen-bond acceptors (Lipinski definition) is 7. The molecule has 1 saturated carbocycles. The Morgan fingerprint density at radius 3 is 2.72 bits per heavy atom. The van der Waals surface area contributed by atoms with Crippen LogP contribution in [0, 0.1) is 0 Å². The Labute approximate surface area is 224 Å². The standard InChI is InChI=1S/C27H32F3N7O2/c1-15-10-20(21-12-32-26(36-23(21)14-31-15)34-16(2)27(28,29)30)17-8-9-37-24(11-17)22(13-33-37)25(38)35-18-4-6-19(39-3)7-5-18/h8-13,15-16,18-19,31H,4-7,14H2,1-3H3,(H,35,38)(H,32,34,36)/t15-,16+,18?,19?/m1/s1. The van der Waals surface area contributed by atoms with Gasteiger partial charge < -0.3 is 20.7 Å². The summed E-state index contributed by atoms with van der Waals surface area (Å²) in [6.45, 7) is 3.38.